The summed E-state index contributed by atoms with van der Waals surface area (Å²) < 4.78 is 10.1. The summed E-state index contributed by atoms with van der Waals surface area (Å²) in [4.78, 5) is 11.7. The van der Waals surface area contributed by atoms with E-state index in [9.17, 15) is 4.79 Å². The van der Waals surface area contributed by atoms with Crippen molar-refractivity contribution in [3.05, 3.63) is 29.8 Å². The number of thioether (sulfide) groups is 1. The van der Waals surface area contributed by atoms with Crippen LogP contribution in [0.15, 0.2) is 24.3 Å². The van der Waals surface area contributed by atoms with Crippen molar-refractivity contribution in [2.45, 2.75) is 37.3 Å². The summed E-state index contributed by atoms with van der Waals surface area (Å²) in [6, 6.07) is 7.34. The average Bonchev–Trinajstić information content (AvgIpc) is 2.48. The minimum absolute atomic E-state index is 0.0659. The topological polar surface area (TPSA) is 61.5 Å². The highest BCUT2D eigenvalue weighted by Crippen LogP contribution is 2.24. The zero-order valence-electron chi connectivity index (χ0n) is 12.3. The Bertz CT molecular complexity index is 408. The van der Waals surface area contributed by atoms with Crippen LogP contribution in [0.5, 0.6) is 5.75 Å². The quantitative estimate of drug-likeness (QED) is 0.747. The van der Waals surface area contributed by atoms with Gasteiger partial charge in [-0.25, -0.2) is 0 Å². The van der Waals surface area contributed by atoms with Gasteiger partial charge in [-0.2, -0.15) is 11.8 Å². The number of carbonyl (C=O) groups is 1. The molecule has 0 saturated carbocycles. The first-order valence-electron chi connectivity index (χ1n) is 6.79. The zero-order valence-corrected chi connectivity index (χ0v) is 13.1. The third kappa shape index (κ3) is 5.06. The van der Waals surface area contributed by atoms with E-state index in [-0.39, 0.29) is 11.2 Å². The molecule has 2 atom stereocenters. The molecule has 0 saturated heterocycles. The largest absolute Gasteiger partial charge is 0.497 e. The Morgan fingerprint density at radius 2 is 1.95 bits per heavy atom. The molecular weight excluding hydrogens is 274 g/mol. The van der Waals surface area contributed by atoms with Crippen LogP contribution in [0.3, 0.4) is 0 Å². The monoisotopic (exact) mass is 297 g/mol. The molecule has 0 bridgehead atoms. The van der Waals surface area contributed by atoms with E-state index in [1.807, 2.05) is 31.2 Å². The lowest BCUT2D eigenvalue weighted by Gasteiger charge is -2.20. The van der Waals surface area contributed by atoms with Crippen LogP contribution in [-0.4, -0.2) is 31.0 Å². The molecule has 0 amide bonds. The maximum Gasteiger partial charge on any atom is 0.324 e. The molecule has 0 aliphatic heterocycles. The second-order valence-electron chi connectivity index (χ2n) is 4.38. The van der Waals surface area contributed by atoms with Crippen molar-refractivity contribution in [3.8, 4) is 5.75 Å². The number of ether oxygens (including phenoxy) is 2. The molecule has 0 aliphatic carbocycles. The van der Waals surface area contributed by atoms with Crippen LogP contribution in [0.2, 0.25) is 0 Å². The van der Waals surface area contributed by atoms with Gasteiger partial charge in [0.2, 0.25) is 0 Å². The molecule has 0 heterocycles. The van der Waals surface area contributed by atoms with E-state index in [4.69, 9.17) is 15.2 Å². The summed E-state index contributed by atoms with van der Waals surface area (Å²) in [5.41, 5.74) is 7.14. The minimum Gasteiger partial charge on any atom is -0.497 e. The van der Waals surface area contributed by atoms with Crippen LogP contribution in [0.25, 0.3) is 0 Å². The summed E-state index contributed by atoms with van der Waals surface area (Å²) in [5.74, 6) is 1.34. The van der Waals surface area contributed by atoms with Crippen molar-refractivity contribution < 1.29 is 14.3 Å². The first kappa shape index (κ1) is 16.9. The molecule has 0 fully saturated rings. The maximum absolute atomic E-state index is 11.7. The summed E-state index contributed by atoms with van der Waals surface area (Å²) >= 11 is 1.68. The Kier molecular flexibility index (Phi) is 7.47. The summed E-state index contributed by atoms with van der Waals surface area (Å²) in [6.07, 6.45) is 0.834. The van der Waals surface area contributed by atoms with Gasteiger partial charge < -0.3 is 15.2 Å². The number of hydrogen-bond donors (Lipinski definition) is 1. The first-order valence-corrected chi connectivity index (χ1v) is 7.84. The smallest absolute Gasteiger partial charge is 0.324 e. The highest BCUT2D eigenvalue weighted by Gasteiger charge is 2.24. The number of esters is 1. The maximum atomic E-state index is 11.7. The Morgan fingerprint density at radius 3 is 2.45 bits per heavy atom. The highest BCUT2D eigenvalue weighted by atomic mass is 32.2. The average molecular weight is 297 g/mol. The standard InChI is InChI=1S/C15H23NO3S/c1-4-13(14(16)15(17)19-5-2)20-10-11-6-8-12(18-3)9-7-11/h6-9,13-14H,4-5,10,16H2,1-3H3/t13?,14-/m1/s1. The second-order valence-corrected chi connectivity index (χ2v) is 5.61. The predicted octanol–water partition coefficient (Wildman–Crippen LogP) is 2.60. The van der Waals surface area contributed by atoms with E-state index in [1.165, 1.54) is 5.56 Å². The molecule has 0 aromatic heterocycles. The predicted molar refractivity (Wildman–Crippen MR) is 83.0 cm³/mol. The van der Waals surface area contributed by atoms with Crippen LogP contribution in [0, 0.1) is 0 Å². The van der Waals surface area contributed by atoms with Crippen molar-refractivity contribution in [2.24, 2.45) is 5.73 Å². The normalized spacial score (nSPS) is 13.6. The van der Waals surface area contributed by atoms with Crippen LogP contribution < -0.4 is 10.5 Å². The molecule has 1 unspecified atom stereocenters. The SMILES string of the molecule is CCOC(=O)[C@H](N)C(CC)SCc1ccc(OC)cc1. The van der Waals surface area contributed by atoms with Gasteiger partial charge in [-0.3, -0.25) is 4.79 Å². The lowest BCUT2D eigenvalue weighted by Crippen LogP contribution is -2.41. The van der Waals surface area contributed by atoms with Crippen LogP contribution in [-0.2, 0) is 15.3 Å². The second kappa shape index (κ2) is 8.87. The fraction of sp³-hybridized carbons (Fsp3) is 0.533. The van der Waals surface area contributed by atoms with Crippen LogP contribution in [0.1, 0.15) is 25.8 Å². The molecule has 0 spiro atoms. The van der Waals surface area contributed by atoms with E-state index in [1.54, 1.807) is 25.8 Å². The van der Waals surface area contributed by atoms with Crippen molar-refractivity contribution in [2.75, 3.05) is 13.7 Å². The van der Waals surface area contributed by atoms with Crippen LogP contribution >= 0.6 is 11.8 Å². The third-order valence-corrected chi connectivity index (χ3v) is 4.54. The van der Waals surface area contributed by atoms with Gasteiger partial charge in [-0.05, 0) is 31.0 Å². The third-order valence-electron chi connectivity index (χ3n) is 2.98. The number of nitrogens with two attached hydrogens (primary N) is 1. The zero-order chi connectivity index (χ0) is 15.0. The fourth-order valence-electron chi connectivity index (χ4n) is 1.79. The van der Waals surface area contributed by atoms with Crippen molar-refractivity contribution >= 4 is 17.7 Å². The summed E-state index contributed by atoms with van der Waals surface area (Å²) in [7, 11) is 1.65. The van der Waals surface area contributed by atoms with Gasteiger partial charge in [0, 0.05) is 11.0 Å². The molecular formula is C15H23NO3S. The van der Waals surface area contributed by atoms with Gasteiger partial charge in [-0.1, -0.05) is 19.1 Å². The minimum atomic E-state index is -0.566. The van der Waals surface area contributed by atoms with Gasteiger partial charge in [-0.15, -0.1) is 0 Å². The highest BCUT2D eigenvalue weighted by molar-refractivity contribution is 7.99. The molecule has 1 rings (SSSR count). The molecule has 112 valence electrons. The van der Waals surface area contributed by atoms with E-state index in [2.05, 4.69) is 0 Å². The lowest BCUT2D eigenvalue weighted by molar-refractivity contribution is -0.144. The molecule has 5 heteroatoms. The summed E-state index contributed by atoms with van der Waals surface area (Å²) in [5, 5.41) is 0.0659. The van der Waals surface area contributed by atoms with Gasteiger partial charge in [0.05, 0.1) is 13.7 Å². The van der Waals surface area contributed by atoms with Gasteiger partial charge in [0.15, 0.2) is 0 Å². The molecule has 0 aliphatic rings. The van der Waals surface area contributed by atoms with E-state index in [0.717, 1.165) is 17.9 Å². The Labute approximate surface area is 125 Å². The van der Waals surface area contributed by atoms with Crippen LogP contribution in [0.4, 0.5) is 0 Å². The Morgan fingerprint density at radius 1 is 1.30 bits per heavy atom. The number of methoxy groups -OCH3 is 1. The molecule has 1 aromatic rings. The van der Waals surface area contributed by atoms with Gasteiger partial charge in [0.25, 0.3) is 0 Å². The molecule has 4 nitrogen and oxygen atoms in total. The van der Waals surface area contributed by atoms with E-state index in [0.29, 0.717) is 6.61 Å². The van der Waals surface area contributed by atoms with E-state index < -0.39 is 6.04 Å². The first-order chi connectivity index (χ1) is 9.62. The van der Waals surface area contributed by atoms with Crippen molar-refractivity contribution in [1.82, 2.24) is 0 Å². The summed E-state index contributed by atoms with van der Waals surface area (Å²) in [6.45, 7) is 4.19. The molecule has 20 heavy (non-hydrogen) atoms. The molecule has 0 radical (unpaired) electrons. The number of carbonyl (C=O) groups excluding carboxylic acids is 1. The van der Waals surface area contributed by atoms with E-state index >= 15 is 0 Å². The number of hydrogen-bond acceptors (Lipinski definition) is 5. The fourth-order valence-corrected chi connectivity index (χ4v) is 2.94. The lowest BCUT2D eigenvalue weighted by atomic mass is 10.2. The number of benzene rings is 1. The Balaban J connectivity index is 2.53. The van der Waals surface area contributed by atoms with Gasteiger partial charge in [0.1, 0.15) is 11.8 Å². The number of rotatable bonds is 8. The Hall–Kier alpha value is -1.20. The molecule has 1 aromatic carbocycles. The van der Waals surface area contributed by atoms with Crippen molar-refractivity contribution in [3.63, 3.8) is 0 Å². The van der Waals surface area contributed by atoms with Gasteiger partial charge >= 0.3 is 5.97 Å². The van der Waals surface area contributed by atoms with Crippen molar-refractivity contribution in [1.29, 1.82) is 0 Å². The molecule has 2 N–H and O–H groups in total.